The Morgan fingerprint density at radius 3 is 2.37 bits per heavy atom. The third-order valence-corrected chi connectivity index (χ3v) is 6.18. The van der Waals surface area contributed by atoms with Gasteiger partial charge in [0.1, 0.15) is 19.0 Å². The van der Waals surface area contributed by atoms with E-state index in [0.717, 1.165) is 34.0 Å². The number of fused-ring (bicyclic) bond motifs is 2. The second-order valence-electron chi connectivity index (χ2n) is 8.15. The van der Waals surface area contributed by atoms with E-state index in [1.54, 1.807) is 38.9 Å². The lowest BCUT2D eigenvalue weighted by Crippen LogP contribution is -2.24. The first-order chi connectivity index (χ1) is 17.2. The van der Waals surface area contributed by atoms with Crippen molar-refractivity contribution in [2.24, 2.45) is 0 Å². The maximum atomic E-state index is 5.88. The fourth-order valence-corrected chi connectivity index (χ4v) is 4.61. The van der Waals surface area contributed by atoms with Gasteiger partial charge in [-0.25, -0.2) is 19.9 Å². The van der Waals surface area contributed by atoms with Crippen molar-refractivity contribution in [3.05, 3.63) is 77.7 Å². The molecule has 176 valence electrons. The molecule has 2 aliphatic rings. The lowest BCUT2D eigenvalue weighted by Gasteiger charge is -2.28. The average molecular weight is 470 g/mol. The summed E-state index contributed by atoms with van der Waals surface area (Å²) < 4.78 is 22.8. The molecule has 9 nitrogen and oxygen atoms in total. The number of rotatable bonds is 5. The van der Waals surface area contributed by atoms with Crippen LogP contribution < -0.4 is 23.8 Å². The molecule has 2 aliphatic heterocycles. The van der Waals surface area contributed by atoms with E-state index in [0.29, 0.717) is 42.9 Å². The van der Waals surface area contributed by atoms with Gasteiger partial charge in [0.2, 0.25) is 0 Å². The van der Waals surface area contributed by atoms with Gasteiger partial charge in [0, 0.05) is 25.1 Å². The summed E-state index contributed by atoms with van der Waals surface area (Å²) in [6.07, 6.45) is 5.10. The molecule has 2 aromatic carbocycles. The maximum Gasteiger partial charge on any atom is 0.199 e. The van der Waals surface area contributed by atoms with E-state index in [1.165, 1.54) is 0 Å². The fraction of sp³-hybridized carbons (Fsp3) is 0.231. The Morgan fingerprint density at radius 1 is 0.829 bits per heavy atom. The van der Waals surface area contributed by atoms with Crippen molar-refractivity contribution in [1.29, 1.82) is 0 Å². The van der Waals surface area contributed by atoms with Gasteiger partial charge in [0.15, 0.2) is 34.6 Å². The second-order valence-corrected chi connectivity index (χ2v) is 8.15. The van der Waals surface area contributed by atoms with Crippen molar-refractivity contribution in [3.8, 4) is 34.6 Å². The molecule has 0 spiro atoms. The highest BCUT2D eigenvalue weighted by Gasteiger charge is 2.35. The molecule has 4 aromatic rings. The van der Waals surface area contributed by atoms with Crippen LogP contribution in [0.4, 0.5) is 5.82 Å². The van der Waals surface area contributed by atoms with Crippen LogP contribution in [0.25, 0.3) is 11.6 Å². The molecule has 2 aromatic heterocycles. The Morgan fingerprint density at radius 2 is 1.57 bits per heavy atom. The van der Waals surface area contributed by atoms with Gasteiger partial charge in [-0.2, -0.15) is 0 Å². The molecule has 0 fully saturated rings. The Hall–Kier alpha value is -4.40. The summed E-state index contributed by atoms with van der Waals surface area (Å²) in [4.78, 5) is 20.1. The van der Waals surface area contributed by atoms with Crippen molar-refractivity contribution in [2.75, 3.05) is 32.3 Å². The van der Waals surface area contributed by atoms with Crippen LogP contribution in [0.15, 0.2) is 61.1 Å². The van der Waals surface area contributed by atoms with Gasteiger partial charge in [-0.15, -0.1) is 0 Å². The Kier molecular flexibility index (Phi) is 5.29. The summed E-state index contributed by atoms with van der Waals surface area (Å²) in [5.74, 6) is 4.56. The molecule has 1 atom stereocenters. The topological polar surface area (TPSA) is 91.7 Å². The van der Waals surface area contributed by atoms with E-state index in [-0.39, 0.29) is 6.04 Å². The zero-order chi connectivity index (χ0) is 23.8. The summed E-state index contributed by atoms with van der Waals surface area (Å²) in [7, 11) is 3.29. The maximum absolute atomic E-state index is 5.88. The Bertz CT molecular complexity index is 1380. The molecule has 6 rings (SSSR count). The van der Waals surface area contributed by atoms with E-state index in [1.807, 2.05) is 30.3 Å². The summed E-state index contributed by atoms with van der Waals surface area (Å²) in [5, 5.41) is 0. The monoisotopic (exact) mass is 469 g/mol. The quantitative estimate of drug-likeness (QED) is 0.432. The van der Waals surface area contributed by atoms with Crippen LogP contribution in [0.3, 0.4) is 0 Å². The van der Waals surface area contributed by atoms with Gasteiger partial charge < -0.3 is 23.8 Å². The van der Waals surface area contributed by atoms with Crippen LogP contribution in [-0.4, -0.2) is 47.4 Å². The molecule has 0 amide bonds. The molecule has 35 heavy (non-hydrogen) atoms. The predicted octanol–water partition coefficient (Wildman–Crippen LogP) is 3.83. The average Bonchev–Trinajstić information content (AvgIpc) is 3.31. The van der Waals surface area contributed by atoms with Crippen LogP contribution in [0.1, 0.15) is 22.7 Å². The van der Waals surface area contributed by atoms with E-state index in [2.05, 4.69) is 25.9 Å². The Balaban J connectivity index is 1.48. The van der Waals surface area contributed by atoms with Crippen molar-refractivity contribution < 1.29 is 18.9 Å². The van der Waals surface area contributed by atoms with Gasteiger partial charge >= 0.3 is 0 Å². The van der Waals surface area contributed by atoms with Crippen LogP contribution in [-0.2, 0) is 6.54 Å². The summed E-state index contributed by atoms with van der Waals surface area (Å²) >= 11 is 0. The molecule has 0 N–H and O–H groups in total. The molecule has 0 saturated carbocycles. The standard InChI is InChI=1S/C26H23N5O4/c1-32-20-13-17-15-31(23-6-9-29-26(30-23)25-27-7-3-8-28-25)24(18(17)14-21(20)33-2)16-4-5-19-22(12-16)35-11-10-34-19/h3-9,12-14,24H,10-11,15H2,1-2H3. The lowest BCUT2D eigenvalue weighted by molar-refractivity contribution is 0.171. The number of aromatic nitrogens is 4. The molecule has 0 aliphatic carbocycles. The predicted molar refractivity (Wildman–Crippen MR) is 128 cm³/mol. The number of benzene rings is 2. The zero-order valence-electron chi connectivity index (χ0n) is 19.3. The van der Waals surface area contributed by atoms with Gasteiger partial charge in [0.05, 0.1) is 20.3 Å². The minimum absolute atomic E-state index is 0.139. The normalized spacial score (nSPS) is 16.1. The van der Waals surface area contributed by atoms with Gasteiger partial charge in [-0.3, -0.25) is 0 Å². The SMILES string of the molecule is COc1cc2c(cc1OC)C(c1ccc3c(c1)OCCO3)N(c1ccnc(-c3ncccn3)n1)C2. The minimum atomic E-state index is -0.139. The minimum Gasteiger partial charge on any atom is -0.493 e. The van der Waals surface area contributed by atoms with Crippen LogP contribution >= 0.6 is 0 Å². The largest absolute Gasteiger partial charge is 0.493 e. The second kappa shape index (κ2) is 8.75. The van der Waals surface area contributed by atoms with E-state index in [9.17, 15) is 0 Å². The molecular weight excluding hydrogens is 446 g/mol. The van der Waals surface area contributed by atoms with Crippen LogP contribution in [0.5, 0.6) is 23.0 Å². The van der Waals surface area contributed by atoms with Crippen molar-refractivity contribution in [2.45, 2.75) is 12.6 Å². The molecule has 1 unspecified atom stereocenters. The van der Waals surface area contributed by atoms with Gasteiger partial charge in [0.25, 0.3) is 0 Å². The fourth-order valence-electron chi connectivity index (χ4n) is 4.61. The highest BCUT2D eigenvalue weighted by Crippen LogP contribution is 2.46. The smallest absolute Gasteiger partial charge is 0.199 e. The lowest BCUT2D eigenvalue weighted by atomic mass is 9.96. The number of ether oxygens (including phenoxy) is 4. The number of anilines is 1. The number of hydrogen-bond donors (Lipinski definition) is 0. The van der Waals surface area contributed by atoms with E-state index in [4.69, 9.17) is 23.9 Å². The zero-order valence-corrected chi connectivity index (χ0v) is 19.3. The highest BCUT2D eigenvalue weighted by molar-refractivity contribution is 5.62. The highest BCUT2D eigenvalue weighted by atomic mass is 16.6. The molecule has 0 saturated heterocycles. The van der Waals surface area contributed by atoms with Gasteiger partial charge in [-0.1, -0.05) is 6.07 Å². The molecule has 0 radical (unpaired) electrons. The number of nitrogens with zero attached hydrogens (tertiary/aromatic N) is 5. The van der Waals surface area contributed by atoms with Gasteiger partial charge in [-0.05, 0) is 53.1 Å². The molecule has 4 heterocycles. The Labute approximate surface area is 202 Å². The molecular formula is C26H23N5O4. The first-order valence-corrected chi connectivity index (χ1v) is 11.3. The van der Waals surface area contributed by atoms with Crippen molar-refractivity contribution in [1.82, 2.24) is 19.9 Å². The first kappa shape index (κ1) is 21.2. The molecule has 0 bridgehead atoms. The van der Waals surface area contributed by atoms with E-state index < -0.39 is 0 Å². The first-order valence-electron chi connectivity index (χ1n) is 11.3. The van der Waals surface area contributed by atoms with Crippen molar-refractivity contribution in [3.63, 3.8) is 0 Å². The summed E-state index contributed by atoms with van der Waals surface area (Å²) in [6.45, 7) is 1.70. The number of hydrogen-bond acceptors (Lipinski definition) is 9. The third-order valence-electron chi connectivity index (χ3n) is 6.18. The third kappa shape index (κ3) is 3.74. The van der Waals surface area contributed by atoms with Crippen molar-refractivity contribution >= 4 is 5.82 Å². The van der Waals surface area contributed by atoms with E-state index >= 15 is 0 Å². The van der Waals surface area contributed by atoms with Crippen LogP contribution in [0, 0.1) is 0 Å². The summed E-state index contributed by atoms with van der Waals surface area (Å²) in [6, 6.07) is 13.7. The molecule has 9 heteroatoms. The number of methoxy groups -OCH3 is 2. The summed E-state index contributed by atoms with van der Waals surface area (Å²) in [5.41, 5.74) is 3.28. The van der Waals surface area contributed by atoms with Crippen LogP contribution in [0.2, 0.25) is 0 Å².